The van der Waals surface area contributed by atoms with Crippen molar-refractivity contribution in [1.82, 2.24) is 0 Å². The Balaban J connectivity index is 1.60. The molecule has 0 aromatic heterocycles. The Morgan fingerprint density at radius 1 is 1.03 bits per heavy atom. The van der Waals surface area contributed by atoms with E-state index < -0.39 is 12.2 Å². The average Bonchev–Trinajstić information content (AvgIpc) is 2.88. The molecular formula is C29H39NO6. The van der Waals surface area contributed by atoms with Gasteiger partial charge >= 0.3 is 5.97 Å². The molecule has 2 aromatic rings. The molecule has 1 heterocycles. The number of aliphatic hydroxyl groups excluding tert-OH is 1. The van der Waals surface area contributed by atoms with Gasteiger partial charge in [0.15, 0.2) is 6.10 Å². The van der Waals surface area contributed by atoms with Gasteiger partial charge in [0, 0.05) is 30.2 Å². The number of rotatable bonds is 15. The fourth-order valence-electron chi connectivity index (χ4n) is 4.06. The third-order valence-corrected chi connectivity index (χ3v) is 6.16. The van der Waals surface area contributed by atoms with Crippen LogP contribution in [-0.4, -0.2) is 35.4 Å². The number of aliphatic hydroxyl groups is 1. The fraction of sp³-hybridized carbons (Fsp3) is 0.483. The van der Waals surface area contributed by atoms with Gasteiger partial charge in [-0.3, -0.25) is 4.79 Å². The zero-order valence-corrected chi connectivity index (χ0v) is 21.2. The second-order valence-corrected chi connectivity index (χ2v) is 9.24. The standard InChI is InChI=1S/C29H39NO6/c1-2-3-4-5-6-7-8-9-10-28(33)35-25-16-13-22-17-27(34-20-24(32)19-30)29(36-26(22)18-25)21-11-14-23(31)15-12-21/h11-18,24,29,31-32H,2-10,19-20,30H2,1H3/t24-,29+/m1/s1. The van der Waals surface area contributed by atoms with E-state index in [1.807, 2.05) is 12.1 Å². The molecular weight excluding hydrogens is 458 g/mol. The summed E-state index contributed by atoms with van der Waals surface area (Å²) in [4.78, 5) is 12.3. The van der Waals surface area contributed by atoms with Gasteiger partial charge in [-0.1, -0.05) is 64.0 Å². The lowest BCUT2D eigenvalue weighted by atomic mass is 10.0. The monoisotopic (exact) mass is 497 g/mol. The molecule has 0 aliphatic carbocycles. The van der Waals surface area contributed by atoms with Gasteiger partial charge in [-0.25, -0.2) is 0 Å². The first-order valence-corrected chi connectivity index (χ1v) is 13.0. The van der Waals surface area contributed by atoms with E-state index in [0.717, 1.165) is 30.4 Å². The van der Waals surface area contributed by atoms with Crippen molar-refractivity contribution >= 4 is 12.0 Å². The highest BCUT2D eigenvalue weighted by atomic mass is 16.5. The molecule has 4 N–H and O–H groups in total. The Bertz CT molecular complexity index is 988. The van der Waals surface area contributed by atoms with Gasteiger partial charge in [-0.15, -0.1) is 0 Å². The van der Waals surface area contributed by atoms with Gasteiger partial charge in [0.1, 0.15) is 35.7 Å². The summed E-state index contributed by atoms with van der Waals surface area (Å²) in [5.74, 6) is 1.39. The first-order valence-electron chi connectivity index (χ1n) is 13.0. The van der Waals surface area contributed by atoms with E-state index in [1.165, 1.54) is 32.1 Å². The van der Waals surface area contributed by atoms with Crippen LogP contribution in [0.15, 0.2) is 48.2 Å². The summed E-state index contributed by atoms with van der Waals surface area (Å²) in [6.45, 7) is 2.33. The molecule has 0 bridgehead atoms. The molecule has 0 spiro atoms. The van der Waals surface area contributed by atoms with Crippen molar-refractivity contribution in [2.45, 2.75) is 76.9 Å². The Kier molecular flexibility index (Phi) is 11.1. The minimum atomic E-state index is -0.796. The largest absolute Gasteiger partial charge is 0.508 e. The van der Waals surface area contributed by atoms with E-state index in [9.17, 15) is 15.0 Å². The smallest absolute Gasteiger partial charge is 0.311 e. The quantitative estimate of drug-likeness (QED) is 0.166. The highest BCUT2D eigenvalue weighted by Crippen LogP contribution is 2.40. The number of carbonyl (C=O) groups excluding carboxylic acids is 1. The first-order chi connectivity index (χ1) is 17.5. The minimum absolute atomic E-state index is 0.0318. The number of unbranched alkanes of at least 4 members (excludes halogenated alkanes) is 7. The summed E-state index contributed by atoms with van der Waals surface area (Å²) in [6, 6.07) is 11.9. The van der Waals surface area contributed by atoms with Crippen LogP contribution in [0.5, 0.6) is 17.2 Å². The van der Waals surface area contributed by atoms with Gasteiger partial charge in [-0.05, 0) is 36.8 Å². The van der Waals surface area contributed by atoms with Crippen LogP contribution < -0.4 is 15.2 Å². The van der Waals surface area contributed by atoms with Crippen molar-refractivity contribution in [2.24, 2.45) is 5.73 Å². The van der Waals surface area contributed by atoms with E-state index in [0.29, 0.717) is 23.7 Å². The molecule has 7 nitrogen and oxygen atoms in total. The summed E-state index contributed by atoms with van der Waals surface area (Å²) in [5.41, 5.74) is 7.04. The van der Waals surface area contributed by atoms with Crippen molar-refractivity contribution in [3.8, 4) is 17.2 Å². The Labute approximate surface area is 213 Å². The summed E-state index contributed by atoms with van der Waals surface area (Å²) < 4.78 is 17.6. The van der Waals surface area contributed by atoms with Crippen molar-refractivity contribution in [3.05, 3.63) is 59.4 Å². The molecule has 0 unspecified atom stereocenters. The lowest BCUT2D eigenvalue weighted by molar-refractivity contribution is -0.134. The number of ether oxygens (including phenoxy) is 3. The average molecular weight is 498 g/mol. The van der Waals surface area contributed by atoms with Crippen molar-refractivity contribution in [1.29, 1.82) is 0 Å². The number of phenols is 1. The lowest BCUT2D eigenvalue weighted by Gasteiger charge is -2.28. The topological polar surface area (TPSA) is 111 Å². The third kappa shape index (κ3) is 8.57. The number of carbonyl (C=O) groups is 1. The summed E-state index contributed by atoms with van der Waals surface area (Å²) in [6.07, 6.45) is 10.2. The van der Waals surface area contributed by atoms with Gasteiger partial charge in [0.05, 0.1) is 0 Å². The number of hydrogen-bond acceptors (Lipinski definition) is 7. The second-order valence-electron chi connectivity index (χ2n) is 9.24. The van der Waals surface area contributed by atoms with Gasteiger partial charge in [0.25, 0.3) is 0 Å². The number of benzene rings is 2. The van der Waals surface area contributed by atoms with E-state index in [2.05, 4.69) is 6.92 Å². The lowest BCUT2D eigenvalue weighted by Crippen LogP contribution is -2.27. The maximum Gasteiger partial charge on any atom is 0.311 e. The molecule has 196 valence electrons. The normalized spacial score (nSPS) is 15.4. The number of aromatic hydroxyl groups is 1. The van der Waals surface area contributed by atoms with Crippen LogP contribution in [0.25, 0.3) is 6.08 Å². The second kappa shape index (κ2) is 14.5. The number of hydrogen-bond donors (Lipinski definition) is 3. The Morgan fingerprint density at radius 3 is 2.42 bits per heavy atom. The van der Waals surface area contributed by atoms with Crippen LogP contribution in [0.3, 0.4) is 0 Å². The van der Waals surface area contributed by atoms with E-state index in [1.54, 1.807) is 36.4 Å². The molecule has 1 aliphatic heterocycles. The molecule has 0 radical (unpaired) electrons. The van der Waals surface area contributed by atoms with Crippen LogP contribution in [0.1, 0.15) is 81.9 Å². The van der Waals surface area contributed by atoms with Crippen molar-refractivity contribution < 1.29 is 29.2 Å². The first kappa shape index (κ1) is 27.6. The van der Waals surface area contributed by atoms with Crippen molar-refractivity contribution in [2.75, 3.05) is 13.2 Å². The molecule has 36 heavy (non-hydrogen) atoms. The maximum atomic E-state index is 12.3. The summed E-state index contributed by atoms with van der Waals surface area (Å²) >= 11 is 0. The zero-order chi connectivity index (χ0) is 25.8. The predicted molar refractivity (Wildman–Crippen MR) is 140 cm³/mol. The van der Waals surface area contributed by atoms with Gasteiger partial charge < -0.3 is 30.2 Å². The maximum absolute atomic E-state index is 12.3. The summed E-state index contributed by atoms with van der Waals surface area (Å²) in [5, 5.41) is 19.5. The number of esters is 1. The fourth-order valence-corrected chi connectivity index (χ4v) is 4.06. The van der Waals surface area contributed by atoms with Gasteiger partial charge in [-0.2, -0.15) is 0 Å². The molecule has 2 atom stereocenters. The molecule has 2 aromatic carbocycles. The highest BCUT2D eigenvalue weighted by Gasteiger charge is 2.27. The van der Waals surface area contributed by atoms with Crippen LogP contribution in [0, 0.1) is 0 Å². The molecule has 0 saturated heterocycles. The predicted octanol–water partition coefficient (Wildman–Crippen LogP) is 5.64. The highest BCUT2D eigenvalue weighted by molar-refractivity contribution is 5.73. The number of nitrogens with two attached hydrogens (primary N) is 1. The molecule has 1 aliphatic rings. The van der Waals surface area contributed by atoms with Crippen LogP contribution in [0.2, 0.25) is 0 Å². The number of fused-ring (bicyclic) bond motifs is 1. The van der Waals surface area contributed by atoms with Crippen LogP contribution in [0.4, 0.5) is 0 Å². The van der Waals surface area contributed by atoms with Crippen molar-refractivity contribution in [3.63, 3.8) is 0 Å². The van der Waals surface area contributed by atoms with E-state index in [-0.39, 0.29) is 24.9 Å². The Hall–Kier alpha value is -3.03. The van der Waals surface area contributed by atoms with Crippen LogP contribution in [-0.2, 0) is 9.53 Å². The van der Waals surface area contributed by atoms with E-state index >= 15 is 0 Å². The summed E-state index contributed by atoms with van der Waals surface area (Å²) in [7, 11) is 0. The molecule has 0 fully saturated rings. The minimum Gasteiger partial charge on any atom is -0.508 e. The number of phenolic OH excluding ortho intramolecular Hbond substituents is 1. The van der Waals surface area contributed by atoms with E-state index in [4.69, 9.17) is 19.9 Å². The molecule has 7 heteroatoms. The SMILES string of the molecule is CCCCCCCCCCC(=O)Oc1ccc2c(c1)O[C@@H](c1ccc(O)cc1)C(OC[C@H](O)CN)=C2. The molecule has 3 rings (SSSR count). The molecule has 0 saturated carbocycles. The molecule has 0 amide bonds. The van der Waals surface area contributed by atoms with Gasteiger partial charge in [0.2, 0.25) is 0 Å². The van der Waals surface area contributed by atoms with Crippen LogP contribution >= 0.6 is 0 Å². The Morgan fingerprint density at radius 2 is 1.72 bits per heavy atom. The zero-order valence-electron chi connectivity index (χ0n) is 21.2. The third-order valence-electron chi connectivity index (χ3n) is 6.16.